The van der Waals surface area contributed by atoms with E-state index >= 15 is 0 Å². The van der Waals surface area contributed by atoms with Crippen molar-refractivity contribution < 1.29 is 23.9 Å². The average molecular weight is 436 g/mol. The third-order valence-electron chi connectivity index (χ3n) is 3.89. The molecular weight excluding hydrogens is 398 g/mol. The van der Waals surface area contributed by atoms with Crippen molar-refractivity contribution in [3.63, 3.8) is 0 Å². The highest BCUT2D eigenvalue weighted by Gasteiger charge is 2.31. The van der Waals surface area contributed by atoms with Gasteiger partial charge in [-0.15, -0.1) is 0 Å². The van der Waals surface area contributed by atoms with Crippen LogP contribution in [0.1, 0.15) is 66.6 Å². The van der Waals surface area contributed by atoms with Crippen LogP contribution in [0, 0.1) is 5.92 Å². The zero-order valence-corrected chi connectivity index (χ0v) is 19.9. The van der Waals surface area contributed by atoms with Crippen molar-refractivity contribution in [2.45, 2.75) is 79.4 Å². The fourth-order valence-electron chi connectivity index (χ4n) is 2.14. The predicted molar refractivity (Wildman–Crippen MR) is 120 cm³/mol. The van der Waals surface area contributed by atoms with E-state index in [0.29, 0.717) is 24.8 Å². The third-order valence-corrected chi connectivity index (χ3v) is 3.89. The first-order chi connectivity index (χ1) is 14.3. The SMILES string of the molecule is CC(C)COC(C)ONC(=O)C=Cc1ccc(CNC(C)(C)C(=O)OC(C)(C)C)cn1. The number of hydrogen-bond acceptors (Lipinski definition) is 7. The molecule has 8 heteroatoms. The molecule has 0 bridgehead atoms. The fourth-order valence-corrected chi connectivity index (χ4v) is 2.14. The van der Waals surface area contributed by atoms with Gasteiger partial charge in [-0.25, -0.2) is 10.3 Å². The van der Waals surface area contributed by atoms with Gasteiger partial charge >= 0.3 is 5.97 Å². The lowest BCUT2D eigenvalue weighted by Crippen LogP contribution is -2.49. The number of rotatable bonds is 11. The van der Waals surface area contributed by atoms with Gasteiger partial charge in [0.15, 0.2) is 6.29 Å². The van der Waals surface area contributed by atoms with Gasteiger partial charge in [0.2, 0.25) is 0 Å². The fraction of sp³-hybridized carbons (Fsp3) is 0.609. The molecule has 174 valence electrons. The summed E-state index contributed by atoms with van der Waals surface area (Å²) in [5, 5.41) is 3.19. The van der Waals surface area contributed by atoms with E-state index in [9.17, 15) is 9.59 Å². The van der Waals surface area contributed by atoms with Crippen LogP contribution in [0.4, 0.5) is 0 Å². The highest BCUT2D eigenvalue weighted by molar-refractivity contribution is 5.90. The van der Waals surface area contributed by atoms with Gasteiger partial charge in [-0.2, -0.15) is 0 Å². The Morgan fingerprint density at radius 3 is 2.35 bits per heavy atom. The molecule has 1 rings (SSSR count). The van der Waals surface area contributed by atoms with Crippen molar-refractivity contribution in [1.82, 2.24) is 15.8 Å². The maximum Gasteiger partial charge on any atom is 0.326 e. The van der Waals surface area contributed by atoms with Crippen LogP contribution >= 0.6 is 0 Å². The number of hydrogen-bond donors (Lipinski definition) is 2. The summed E-state index contributed by atoms with van der Waals surface area (Å²) in [6, 6.07) is 3.66. The molecule has 1 atom stereocenters. The maximum atomic E-state index is 12.3. The first kappa shape index (κ1) is 26.7. The van der Waals surface area contributed by atoms with Crippen LogP contribution in [0.2, 0.25) is 0 Å². The largest absolute Gasteiger partial charge is 0.459 e. The molecule has 0 radical (unpaired) electrons. The summed E-state index contributed by atoms with van der Waals surface area (Å²) >= 11 is 0. The number of pyridine rings is 1. The molecule has 0 aromatic carbocycles. The second-order valence-electron chi connectivity index (χ2n) is 9.28. The van der Waals surface area contributed by atoms with Crippen molar-refractivity contribution in [1.29, 1.82) is 0 Å². The first-order valence-corrected chi connectivity index (χ1v) is 10.5. The Bertz CT molecular complexity index is 737. The second-order valence-corrected chi connectivity index (χ2v) is 9.28. The molecule has 0 spiro atoms. The van der Waals surface area contributed by atoms with Crippen LogP contribution in [0.3, 0.4) is 0 Å². The van der Waals surface area contributed by atoms with Gasteiger partial charge in [-0.3, -0.25) is 19.9 Å². The molecule has 0 aliphatic rings. The van der Waals surface area contributed by atoms with Gasteiger partial charge < -0.3 is 9.47 Å². The van der Waals surface area contributed by atoms with Gasteiger partial charge in [0.25, 0.3) is 5.91 Å². The Morgan fingerprint density at radius 1 is 1.13 bits per heavy atom. The second kappa shape index (κ2) is 11.9. The summed E-state index contributed by atoms with van der Waals surface area (Å²) in [5.74, 6) is -0.342. The minimum atomic E-state index is -0.833. The average Bonchev–Trinajstić information content (AvgIpc) is 2.67. The lowest BCUT2D eigenvalue weighted by molar-refractivity contribution is -0.180. The first-order valence-electron chi connectivity index (χ1n) is 10.5. The van der Waals surface area contributed by atoms with E-state index in [1.165, 1.54) is 6.08 Å². The van der Waals surface area contributed by atoms with Gasteiger partial charge in [0.1, 0.15) is 11.1 Å². The molecule has 0 aliphatic carbocycles. The smallest absolute Gasteiger partial charge is 0.326 e. The summed E-state index contributed by atoms with van der Waals surface area (Å²) in [5.41, 5.74) is 2.47. The molecule has 1 heterocycles. The van der Waals surface area contributed by atoms with E-state index < -0.39 is 23.3 Å². The molecule has 1 aromatic heterocycles. The highest BCUT2D eigenvalue weighted by Crippen LogP contribution is 2.15. The lowest BCUT2D eigenvalue weighted by Gasteiger charge is -2.29. The quantitative estimate of drug-likeness (QED) is 0.238. The minimum Gasteiger partial charge on any atom is -0.459 e. The highest BCUT2D eigenvalue weighted by atomic mass is 16.8. The van der Waals surface area contributed by atoms with Crippen LogP contribution in [-0.2, 0) is 30.4 Å². The third kappa shape index (κ3) is 11.6. The zero-order valence-electron chi connectivity index (χ0n) is 19.9. The lowest BCUT2D eigenvalue weighted by atomic mass is 10.0. The van der Waals surface area contributed by atoms with Crippen molar-refractivity contribution in [3.8, 4) is 0 Å². The van der Waals surface area contributed by atoms with Gasteiger partial charge in [0.05, 0.1) is 12.3 Å². The summed E-state index contributed by atoms with van der Waals surface area (Å²) in [6.07, 6.45) is 4.07. The molecule has 2 N–H and O–H groups in total. The molecule has 0 aliphatic heterocycles. The summed E-state index contributed by atoms with van der Waals surface area (Å²) < 4.78 is 10.8. The van der Waals surface area contributed by atoms with Crippen molar-refractivity contribution in [2.24, 2.45) is 5.92 Å². The molecule has 0 saturated carbocycles. The number of amides is 1. The van der Waals surface area contributed by atoms with E-state index in [1.54, 1.807) is 39.1 Å². The van der Waals surface area contributed by atoms with E-state index in [4.69, 9.17) is 14.3 Å². The van der Waals surface area contributed by atoms with E-state index in [-0.39, 0.29) is 5.97 Å². The van der Waals surface area contributed by atoms with Crippen LogP contribution in [0.15, 0.2) is 24.4 Å². The number of carbonyl (C=O) groups excluding carboxylic acids is 2. The van der Waals surface area contributed by atoms with Gasteiger partial charge in [-0.05, 0) is 65.2 Å². The summed E-state index contributed by atoms with van der Waals surface area (Å²) in [6.45, 7) is 15.8. The number of nitrogens with zero attached hydrogens (tertiary/aromatic N) is 1. The van der Waals surface area contributed by atoms with Crippen LogP contribution in [0.25, 0.3) is 6.08 Å². The number of hydroxylamine groups is 1. The Kier molecular flexibility index (Phi) is 10.3. The zero-order chi connectivity index (χ0) is 23.7. The normalized spacial score (nSPS) is 13.5. The van der Waals surface area contributed by atoms with Crippen LogP contribution < -0.4 is 10.8 Å². The molecule has 1 amide bonds. The van der Waals surface area contributed by atoms with Crippen LogP contribution in [0.5, 0.6) is 0 Å². The molecule has 1 unspecified atom stereocenters. The number of esters is 1. The molecule has 8 nitrogen and oxygen atoms in total. The Morgan fingerprint density at radius 2 is 1.81 bits per heavy atom. The number of nitrogens with one attached hydrogen (secondary N) is 2. The van der Waals surface area contributed by atoms with Gasteiger partial charge in [-0.1, -0.05) is 19.9 Å². The number of carbonyl (C=O) groups is 2. The van der Waals surface area contributed by atoms with Crippen molar-refractivity contribution in [2.75, 3.05) is 6.61 Å². The Balaban J connectivity index is 2.49. The summed E-state index contributed by atoms with van der Waals surface area (Å²) in [4.78, 5) is 33.6. The standard InChI is InChI=1S/C23H37N3O5/c1-16(2)15-29-17(3)31-26-20(27)12-11-19-10-9-18(13-24-19)14-25-23(7,8)21(28)30-22(4,5)6/h9-13,16-17,25H,14-15H2,1-8H3,(H,26,27). The topological polar surface area (TPSA) is 98.8 Å². The van der Waals surface area contributed by atoms with E-state index in [0.717, 1.165) is 5.56 Å². The summed E-state index contributed by atoms with van der Waals surface area (Å²) in [7, 11) is 0. The Hall–Kier alpha value is -2.29. The molecule has 0 saturated heterocycles. The molecular formula is C23H37N3O5. The molecule has 0 fully saturated rings. The predicted octanol–water partition coefficient (Wildman–Crippen LogP) is 3.37. The van der Waals surface area contributed by atoms with E-state index in [1.807, 2.05) is 40.7 Å². The Labute approximate surface area is 185 Å². The van der Waals surface area contributed by atoms with E-state index in [2.05, 4.69) is 15.8 Å². The minimum absolute atomic E-state index is 0.315. The van der Waals surface area contributed by atoms with Crippen LogP contribution in [-0.4, -0.2) is 40.9 Å². The number of ether oxygens (including phenoxy) is 2. The molecule has 31 heavy (non-hydrogen) atoms. The monoisotopic (exact) mass is 435 g/mol. The van der Waals surface area contributed by atoms with Crippen molar-refractivity contribution in [3.05, 3.63) is 35.7 Å². The van der Waals surface area contributed by atoms with Crippen molar-refractivity contribution >= 4 is 18.0 Å². The van der Waals surface area contributed by atoms with Gasteiger partial charge in [0, 0.05) is 18.8 Å². The maximum absolute atomic E-state index is 12.3. The number of aromatic nitrogens is 1. The molecule has 1 aromatic rings.